The van der Waals surface area contributed by atoms with E-state index in [1.165, 1.54) is 4.31 Å². The fourth-order valence-electron chi connectivity index (χ4n) is 3.64. The van der Waals surface area contributed by atoms with Crippen molar-refractivity contribution in [2.24, 2.45) is 0 Å². The molecule has 1 aliphatic heterocycles. The third kappa shape index (κ3) is 5.32. The van der Waals surface area contributed by atoms with E-state index in [9.17, 15) is 18.0 Å². The van der Waals surface area contributed by atoms with Crippen molar-refractivity contribution in [3.8, 4) is 17.1 Å². The van der Waals surface area contributed by atoms with Gasteiger partial charge in [0.05, 0.1) is 11.9 Å². The number of aldehydes is 1. The molecule has 0 saturated carbocycles. The highest BCUT2D eigenvalue weighted by atomic mass is 32.2. The molecule has 172 valence electrons. The molecule has 0 atom stereocenters. The molecule has 0 unspecified atom stereocenters. The topological polar surface area (TPSA) is 118 Å². The lowest BCUT2D eigenvalue weighted by Crippen LogP contribution is -2.50. The summed E-state index contributed by atoms with van der Waals surface area (Å²) in [7, 11) is -3.29. The van der Waals surface area contributed by atoms with E-state index in [2.05, 4.69) is 15.1 Å². The molecule has 1 saturated heterocycles. The molecule has 1 aromatic carbocycles. The van der Waals surface area contributed by atoms with E-state index in [0.29, 0.717) is 17.9 Å². The summed E-state index contributed by atoms with van der Waals surface area (Å²) in [5.74, 6) is 0.107. The Morgan fingerprint density at radius 3 is 2.42 bits per heavy atom. The molecule has 10 nitrogen and oxygen atoms in total. The number of sulfonamides is 1. The van der Waals surface area contributed by atoms with Crippen LogP contribution in [0, 0.1) is 0 Å². The van der Waals surface area contributed by atoms with Crippen LogP contribution in [0.4, 0.5) is 0 Å². The van der Waals surface area contributed by atoms with Gasteiger partial charge in [-0.2, -0.15) is 9.40 Å². The smallest absolute Gasteiger partial charge is 0.272 e. The monoisotopic (exact) mass is 468 g/mol. The summed E-state index contributed by atoms with van der Waals surface area (Å²) < 4.78 is 26.6. The fraction of sp³-hybridized carbons (Fsp3) is 0.318. The van der Waals surface area contributed by atoms with E-state index < -0.39 is 10.0 Å². The minimum atomic E-state index is -3.29. The molecular weight excluding hydrogens is 444 g/mol. The molecule has 3 aromatic rings. The highest BCUT2D eigenvalue weighted by Crippen LogP contribution is 2.20. The fourth-order valence-corrected chi connectivity index (χ4v) is 4.47. The summed E-state index contributed by atoms with van der Waals surface area (Å²) in [6.07, 6.45) is 6.19. The predicted molar refractivity (Wildman–Crippen MR) is 121 cm³/mol. The van der Waals surface area contributed by atoms with Crippen molar-refractivity contribution in [3.63, 3.8) is 0 Å². The van der Waals surface area contributed by atoms with E-state index in [1.54, 1.807) is 21.8 Å². The molecule has 1 fully saturated rings. The van der Waals surface area contributed by atoms with Crippen LogP contribution in [0.25, 0.3) is 17.1 Å². The number of benzene rings is 1. The van der Waals surface area contributed by atoms with Crippen molar-refractivity contribution in [1.82, 2.24) is 29.0 Å². The van der Waals surface area contributed by atoms with Crippen molar-refractivity contribution in [2.45, 2.75) is 12.8 Å². The van der Waals surface area contributed by atoms with Crippen LogP contribution < -0.4 is 0 Å². The number of piperazine rings is 1. The van der Waals surface area contributed by atoms with Gasteiger partial charge in [0.1, 0.15) is 12.0 Å². The van der Waals surface area contributed by atoms with E-state index in [-0.39, 0.29) is 44.2 Å². The molecule has 0 spiro atoms. The van der Waals surface area contributed by atoms with Crippen molar-refractivity contribution in [2.75, 3.05) is 32.4 Å². The highest BCUT2D eigenvalue weighted by molar-refractivity contribution is 7.88. The van der Waals surface area contributed by atoms with Gasteiger partial charge in [0.25, 0.3) is 5.91 Å². The lowest BCUT2D eigenvalue weighted by Gasteiger charge is -2.33. The van der Waals surface area contributed by atoms with Gasteiger partial charge >= 0.3 is 0 Å². The van der Waals surface area contributed by atoms with Gasteiger partial charge < -0.3 is 9.69 Å². The number of nitrogens with zero attached hydrogens (tertiary/aromatic N) is 6. The van der Waals surface area contributed by atoms with Crippen LogP contribution in [0.1, 0.15) is 22.6 Å². The minimum absolute atomic E-state index is 0.227. The van der Waals surface area contributed by atoms with Crippen LogP contribution >= 0.6 is 0 Å². The number of carbonyl (C=O) groups excluding carboxylic acids is 2. The van der Waals surface area contributed by atoms with Crippen LogP contribution in [0.3, 0.4) is 0 Å². The van der Waals surface area contributed by atoms with Crippen molar-refractivity contribution in [1.29, 1.82) is 0 Å². The first-order valence-electron chi connectivity index (χ1n) is 10.5. The van der Waals surface area contributed by atoms with Crippen molar-refractivity contribution in [3.05, 3.63) is 60.2 Å². The van der Waals surface area contributed by atoms with Gasteiger partial charge in [0, 0.05) is 56.3 Å². The van der Waals surface area contributed by atoms with Gasteiger partial charge in [-0.05, 0) is 42.8 Å². The molecule has 4 rings (SSSR count). The molecule has 1 aliphatic rings. The number of rotatable bonds is 7. The zero-order chi connectivity index (χ0) is 23.4. The first-order chi connectivity index (χ1) is 15.8. The first kappa shape index (κ1) is 22.7. The van der Waals surface area contributed by atoms with Crippen molar-refractivity contribution >= 4 is 22.2 Å². The Kier molecular flexibility index (Phi) is 6.61. The van der Waals surface area contributed by atoms with Gasteiger partial charge in [-0.15, -0.1) is 0 Å². The number of amides is 1. The average molecular weight is 469 g/mol. The van der Waals surface area contributed by atoms with Crippen LogP contribution in [0.5, 0.6) is 0 Å². The highest BCUT2D eigenvalue weighted by Gasteiger charge is 2.27. The molecule has 2 aromatic heterocycles. The maximum Gasteiger partial charge on any atom is 0.272 e. The predicted octanol–water partition coefficient (Wildman–Crippen LogP) is 1.18. The van der Waals surface area contributed by atoms with E-state index in [4.69, 9.17) is 0 Å². The zero-order valence-corrected chi connectivity index (χ0v) is 19.0. The third-order valence-corrected chi connectivity index (χ3v) is 6.71. The largest absolute Gasteiger partial charge is 0.335 e. The zero-order valence-electron chi connectivity index (χ0n) is 18.2. The quantitative estimate of drug-likeness (QED) is 0.478. The molecule has 0 bridgehead atoms. The van der Waals surface area contributed by atoms with Crippen LogP contribution in [-0.4, -0.2) is 82.0 Å². The molecule has 0 N–H and O–H groups in total. The van der Waals surface area contributed by atoms with Gasteiger partial charge in [0.15, 0.2) is 5.82 Å². The Morgan fingerprint density at radius 1 is 1.09 bits per heavy atom. The Morgan fingerprint density at radius 2 is 1.82 bits per heavy atom. The van der Waals surface area contributed by atoms with Crippen LogP contribution in [0.2, 0.25) is 0 Å². The van der Waals surface area contributed by atoms with E-state index in [1.807, 2.05) is 36.5 Å². The third-order valence-electron chi connectivity index (χ3n) is 5.41. The summed E-state index contributed by atoms with van der Waals surface area (Å²) in [5.41, 5.74) is 2.43. The van der Waals surface area contributed by atoms with Crippen molar-refractivity contribution < 1.29 is 18.0 Å². The number of aromatic nitrogens is 4. The molecular formula is C22H24N6O4S. The summed E-state index contributed by atoms with van der Waals surface area (Å²) in [4.78, 5) is 34.7. The maximum atomic E-state index is 13.2. The normalized spacial score (nSPS) is 14.9. The Balaban J connectivity index is 1.60. The number of hydrogen-bond donors (Lipinski definition) is 0. The van der Waals surface area contributed by atoms with E-state index >= 15 is 0 Å². The van der Waals surface area contributed by atoms with Gasteiger partial charge in [-0.25, -0.2) is 23.1 Å². The minimum Gasteiger partial charge on any atom is -0.335 e. The Hall–Kier alpha value is -3.44. The number of hydrogen-bond acceptors (Lipinski definition) is 7. The molecule has 33 heavy (non-hydrogen) atoms. The van der Waals surface area contributed by atoms with Crippen LogP contribution in [-0.2, 0) is 21.2 Å². The average Bonchev–Trinajstić information content (AvgIpc) is 3.37. The second-order valence-electron chi connectivity index (χ2n) is 7.73. The number of carbonyl (C=O) groups is 2. The second-order valence-corrected chi connectivity index (χ2v) is 9.71. The second kappa shape index (κ2) is 9.59. The molecule has 0 aliphatic carbocycles. The summed E-state index contributed by atoms with van der Waals surface area (Å²) in [6.45, 7) is 1.06. The van der Waals surface area contributed by atoms with Gasteiger partial charge in [-0.1, -0.05) is 0 Å². The maximum absolute atomic E-state index is 13.2. The lowest BCUT2D eigenvalue weighted by molar-refractivity contribution is -0.107. The Bertz CT molecular complexity index is 1230. The standard InChI is InChI=1S/C22H24N6O4S/c1-33(31,32)27-13-11-26(12-14-27)22(30)20-16-18(4-2-15-29)24-21(25-20)17-5-7-19(8-6-17)28-10-3-9-23-28/h3,5-10,15-16H,2,4,11-14H2,1H3. The van der Waals surface area contributed by atoms with Gasteiger partial charge in [0.2, 0.25) is 10.0 Å². The SMILES string of the molecule is CS(=O)(=O)N1CCN(C(=O)c2cc(CCC=O)nc(-c3ccc(-n4cccn4)cc3)n2)CC1. The van der Waals surface area contributed by atoms with E-state index in [0.717, 1.165) is 23.8 Å². The summed E-state index contributed by atoms with van der Waals surface area (Å²) in [6, 6.07) is 10.9. The van der Waals surface area contributed by atoms with Gasteiger partial charge in [-0.3, -0.25) is 4.79 Å². The lowest BCUT2D eigenvalue weighted by atomic mass is 10.1. The summed E-state index contributed by atoms with van der Waals surface area (Å²) >= 11 is 0. The molecule has 1 amide bonds. The molecule has 0 radical (unpaired) electrons. The molecule has 11 heteroatoms. The summed E-state index contributed by atoms with van der Waals surface area (Å²) in [5, 5.41) is 4.21. The van der Waals surface area contributed by atoms with Crippen LogP contribution in [0.15, 0.2) is 48.8 Å². The molecule has 3 heterocycles. The Labute approximate surface area is 191 Å². The number of aryl methyl sites for hydroxylation is 1. The first-order valence-corrected chi connectivity index (χ1v) is 12.4.